The van der Waals surface area contributed by atoms with Crippen molar-refractivity contribution in [3.05, 3.63) is 34.9 Å². The van der Waals surface area contributed by atoms with Crippen LogP contribution in [0.5, 0.6) is 0 Å². The van der Waals surface area contributed by atoms with Crippen LogP contribution in [0.25, 0.3) is 0 Å². The third-order valence-electron chi connectivity index (χ3n) is 3.48. The maximum atomic E-state index is 11.4. The summed E-state index contributed by atoms with van der Waals surface area (Å²) in [6.45, 7) is 0.815. The van der Waals surface area contributed by atoms with E-state index in [2.05, 4.69) is 5.32 Å². The van der Waals surface area contributed by atoms with Gasteiger partial charge in [0.05, 0.1) is 13.0 Å². The quantitative estimate of drug-likeness (QED) is 0.853. The lowest BCUT2D eigenvalue weighted by Crippen LogP contribution is -2.26. The van der Waals surface area contributed by atoms with Crippen molar-refractivity contribution in [1.82, 2.24) is 5.32 Å². The van der Waals surface area contributed by atoms with Crippen molar-refractivity contribution in [2.24, 2.45) is 5.92 Å². The van der Waals surface area contributed by atoms with Crippen LogP contribution in [0.4, 0.5) is 0 Å². The summed E-state index contributed by atoms with van der Waals surface area (Å²) in [7, 11) is 1.46. The Hall–Kier alpha value is -1.06. The second-order valence-corrected chi connectivity index (χ2v) is 5.17. The van der Waals surface area contributed by atoms with Crippen molar-refractivity contribution in [3.8, 4) is 0 Å². The molecule has 0 bridgehead atoms. The van der Waals surface area contributed by atoms with E-state index in [1.54, 1.807) is 0 Å². The third kappa shape index (κ3) is 3.47. The molecular weight excluding hydrogens is 250 g/mol. The van der Waals surface area contributed by atoms with E-state index in [-0.39, 0.29) is 11.9 Å². The molecule has 0 radical (unpaired) electrons. The van der Waals surface area contributed by atoms with Gasteiger partial charge in [-0.05, 0) is 37.0 Å². The molecule has 3 nitrogen and oxygen atoms in total. The first-order chi connectivity index (χ1) is 8.69. The van der Waals surface area contributed by atoms with Gasteiger partial charge in [0.25, 0.3) is 0 Å². The van der Waals surface area contributed by atoms with Crippen LogP contribution < -0.4 is 5.32 Å². The van der Waals surface area contributed by atoms with E-state index in [0.29, 0.717) is 6.04 Å². The van der Waals surface area contributed by atoms with Crippen LogP contribution in [-0.2, 0) is 16.1 Å². The number of nitrogens with one attached hydrogen (secondary N) is 1. The standard InChI is InChI=1S/C14H18ClNO2/c1-18-14(17)11-4-7-13(8-11)16-9-10-2-5-12(15)6-3-10/h2-3,5-6,11,13,16H,4,7-9H2,1H3. The number of carbonyl (C=O) groups is 1. The largest absolute Gasteiger partial charge is 0.469 e. The van der Waals surface area contributed by atoms with E-state index in [0.717, 1.165) is 30.8 Å². The number of ether oxygens (including phenoxy) is 1. The molecule has 1 aromatic rings. The summed E-state index contributed by atoms with van der Waals surface area (Å²) in [4.78, 5) is 11.4. The maximum Gasteiger partial charge on any atom is 0.308 e. The summed E-state index contributed by atoms with van der Waals surface area (Å²) < 4.78 is 4.78. The number of hydrogen-bond acceptors (Lipinski definition) is 3. The predicted octanol–water partition coefficient (Wildman–Crippen LogP) is 2.77. The number of halogens is 1. The zero-order valence-electron chi connectivity index (χ0n) is 10.5. The molecule has 1 saturated carbocycles. The number of carbonyl (C=O) groups excluding carboxylic acids is 1. The fourth-order valence-electron chi connectivity index (χ4n) is 2.41. The smallest absolute Gasteiger partial charge is 0.308 e. The van der Waals surface area contributed by atoms with Gasteiger partial charge >= 0.3 is 5.97 Å². The molecule has 1 N–H and O–H groups in total. The Balaban J connectivity index is 1.78. The van der Waals surface area contributed by atoms with Crippen LogP contribution in [0.2, 0.25) is 5.02 Å². The molecule has 0 spiro atoms. The molecule has 2 atom stereocenters. The fourth-order valence-corrected chi connectivity index (χ4v) is 2.54. The highest BCUT2D eigenvalue weighted by Crippen LogP contribution is 2.26. The Morgan fingerprint density at radius 2 is 2.11 bits per heavy atom. The topological polar surface area (TPSA) is 38.3 Å². The Morgan fingerprint density at radius 1 is 1.39 bits per heavy atom. The van der Waals surface area contributed by atoms with Gasteiger partial charge in [-0.2, -0.15) is 0 Å². The maximum absolute atomic E-state index is 11.4. The SMILES string of the molecule is COC(=O)C1CCC(NCc2ccc(Cl)cc2)C1. The van der Waals surface area contributed by atoms with Crippen molar-refractivity contribution >= 4 is 17.6 Å². The zero-order valence-corrected chi connectivity index (χ0v) is 11.2. The second kappa shape index (κ2) is 6.21. The van der Waals surface area contributed by atoms with E-state index in [4.69, 9.17) is 16.3 Å². The van der Waals surface area contributed by atoms with Gasteiger partial charge in [0, 0.05) is 17.6 Å². The minimum Gasteiger partial charge on any atom is -0.469 e. The summed E-state index contributed by atoms with van der Waals surface area (Å²) in [5, 5.41) is 4.23. The van der Waals surface area contributed by atoms with Gasteiger partial charge in [-0.3, -0.25) is 4.79 Å². The summed E-state index contributed by atoms with van der Waals surface area (Å²) in [5.74, 6) is -0.0106. The van der Waals surface area contributed by atoms with Crippen LogP contribution >= 0.6 is 11.6 Å². The average Bonchev–Trinajstić information content (AvgIpc) is 2.86. The second-order valence-electron chi connectivity index (χ2n) is 4.74. The van der Waals surface area contributed by atoms with E-state index in [9.17, 15) is 4.79 Å². The minimum atomic E-state index is -0.0780. The van der Waals surface area contributed by atoms with Crippen molar-refractivity contribution in [2.75, 3.05) is 7.11 Å². The third-order valence-corrected chi connectivity index (χ3v) is 3.73. The van der Waals surface area contributed by atoms with Crippen LogP contribution in [0, 0.1) is 5.92 Å². The summed E-state index contributed by atoms with van der Waals surface area (Å²) in [6, 6.07) is 8.23. The zero-order chi connectivity index (χ0) is 13.0. The van der Waals surface area contributed by atoms with Gasteiger partial charge < -0.3 is 10.1 Å². The van der Waals surface area contributed by atoms with Gasteiger partial charge in [0.1, 0.15) is 0 Å². The van der Waals surface area contributed by atoms with E-state index in [1.165, 1.54) is 12.7 Å². The summed E-state index contributed by atoms with van der Waals surface area (Å²) >= 11 is 5.84. The molecule has 18 heavy (non-hydrogen) atoms. The summed E-state index contributed by atoms with van der Waals surface area (Å²) in [6.07, 6.45) is 2.83. The first-order valence-electron chi connectivity index (χ1n) is 6.24. The predicted molar refractivity (Wildman–Crippen MR) is 71.4 cm³/mol. The number of rotatable bonds is 4. The molecule has 0 saturated heterocycles. The molecule has 1 aliphatic rings. The van der Waals surface area contributed by atoms with Gasteiger partial charge in [0.2, 0.25) is 0 Å². The molecule has 0 aliphatic heterocycles. The lowest BCUT2D eigenvalue weighted by atomic mass is 10.1. The Bertz CT molecular complexity index is 405. The van der Waals surface area contributed by atoms with Crippen LogP contribution in [-0.4, -0.2) is 19.1 Å². The molecule has 2 unspecified atom stereocenters. The van der Waals surface area contributed by atoms with Gasteiger partial charge in [0.15, 0.2) is 0 Å². The molecule has 1 aliphatic carbocycles. The minimum absolute atomic E-state index is 0.0673. The average molecular weight is 268 g/mol. The van der Waals surface area contributed by atoms with E-state index >= 15 is 0 Å². The van der Waals surface area contributed by atoms with Crippen molar-refractivity contribution in [2.45, 2.75) is 31.8 Å². The molecule has 4 heteroatoms. The van der Waals surface area contributed by atoms with E-state index in [1.807, 2.05) is 24.3 Å². The highest BCUT2D eigenvalue weighted by atomic mass is 35.5. The fraction of sp³-hybridized carbons (Fsp3) is 0.500. The highest BCUT2D eigenvalue weighted by Gasteiger charge is 2.30. The monoisotopic (exact) mass is 267 g/mol. The van der Waals surface area contributed by atoms with Gasteiger partial charge in [-0.15, -0.1) is 0 Å². The Morgan fingerprint density at radius 3 is 2.78 bits per heavy atom. The normalized spacial score (nSPS) is 23.0. The lowest BCUT2D eigenvalue weighted by molar-refractivity contribution is -0.145. The highest BCUT2D eigenvalue weighted by molar-refractivity contribution is 6.30. The van der Waals surface area contributed by atoms with Crippen molar-refractivity contribution in [1.29, 1.82) is 0 Å². The molecule has 1 aromatic carbocycles. The van der Waals surface area contributed by atoms with Crippen LogP contribution in [0.3, 0.4) is 0 Å². The van der Waals surface area contributed by atoms with Crippen LogP contribution in [0.1, 0.15) is 24.8 Å². The summed E-state index contributed by atoms with van der Waals surface area (Å²) in [5.41, 5.74) is 1.21. The Kier molecular flexibility index (Phi) is 4.61. The van der Waals surface area contributed by atoms with Gasteiger partial charge in [-0.1, -0.05) is 23.7 Å². The molecule has 0 aromatic heterocycles. The first kappa shape index (κ1) is 13.4. The number of benzene rings is 1. The van der Waals surface area contributed by atoms with Crippen LogP contribution in [0.15, 0.2) is 24.3 Å². The number of methoxy groups -OCH3 is 1. The van der Waals surface area contributed by atoms with Crippen molar-refractivity contribution < 1.29 is 9.53 Å². The lowest BCUT2D eigenvalue weighted by Gasteiger charge is -2.12. The molecule has 1 fully saturated rings. The molecular formula is C14H18ClNO2. The van der Waals surface area contributed by atoms with Crippen molar-refractivity contribution in [3.63, 3.8) is 0 Å². The van der Waals surface area contributed by atoms with Gasteiger partial charge in [-0.25, -0.2) is 0 Å². The molecule has 98 valence electrons. The molecule has 0 heterocycles. The number of hydrogen-bond donors (Lipinski definition) is 1. The van der Waals surface area contributed by atoms with E-state index < -0.39 is 0 Å². The Labute approximate surface area is 112 Å². The first-order valence-corrected chi connectivity index (χ1v) is 6.62. The number of esters is 1. The molecule has 2 rings (SSSR count). The molecule has 0 amide bonds.